The fraction of sp³-hybridized carbons (Fsp3) is 0.421. The Balaban J connectivity index is 2.89. The summed E-state index contributed by atoms with van der Waals surface area (Å²) in [6.45, 7) is 1.37. The first-order valence-electron chi connectivity index (χ1n) is 9.37. The number of aliphatic carboxylic acids is 1. The molecule has 0 radical (unpaired) electrons. The van der Waals surface area contributed by atoms with Crippen LogP contribution in [0.4, 0.5) is 0 Å². The molecule has 31 heavy (non-hydrogen) atoms. The number of benzene rings is 1. The van der Waals surface area contributed by atoms with Crippen molar-refractivity contribution in [1.82, 2.24) is 16.0 Å². The molecule has 8 N–H and O–H groups in total. The van der Waals surface area contributed by atoms with Gasteiger partial charge in [-0.2, -0.15) is 12.6 Å². The van der Waals surface area contributed by atoms with Gasteiger partial charge in [-0.25, -0.2) is 4.79 Å². The van der Waals surface area contributed by atoms with E-state index in [2.05, 4.69) is 28.6 Å². The summed E-state index contributed by atoms with van der Waals surface area (Å²) in [6, 6.07) is 4.12. The van der Waals surface area contributed by atoms with Crippen molar-refractivity contribution in [3.8, 4) is 0 Å². The first kappa shape index (κ1) is 25.9. The minimum atomic E-state index is -1.26. The number of nitrogens with one attached hydrogen (secondary N) is 3. The number of hydrogen-bond donors (Lipinski definition) is 7. The fourth-order valence-corrected chi connectivity index (χ4v) is 2.76. The number of carbonyl (C=O) groups excluding carboxylic acids is 4. The van der Waals surface area contributed by atoms with Crippen LogP contribution in [0.25, 0.3) is 0 Å². The number of thiol groups is 1. The first-order chi connectivity index (χ1) is 14.5. The summed E-state index contributed by atoms with van der Waals surface area (Å²) in [7, 11) is 0. The van der Waals surface area contributed by atoms with Gasteiger partial charge < -0.3 is 32.5 Å². The Bertz CT molecular complexity index is 806. The molecule has 0 aliphatic rings. The second kappa shape index (κ2) is 12.5. The molecule has 0 saturated heterocycles. The topological polar surface area (TPSA) is 194 Å². The van der Waals surface area contributed by atoms with E-state index in [9.17, 15) is 24.0 Å². The lowest BCUT2D eigenvalue weighted by molar-refractivity contribution is -0.141. The highest BCUT2D eigenvalue weighted by Gasteiger charge is 2.28. The van der Waals surface area contributed by atoms with E-state index in [1.54, 1.807) is 30.3 Å². The molecular weight excluding hydrogens is 426 g/mol. The molecule has 4 amide bonds. The maximum atomic E-state index is 12.8. The van der Waals surface area contributed by atoms with Crippen LogP contribution in [0.1, 0.15) is 18.9 Å². The molecule has 1 rings (SSSR count). The summed E-state index contributed by atoms with van der Waals surface area (Å²) in [4.78, 5) is 59.3. The Hall–Kier alpha value is -3.12. The molecule has 170 valence electrons. The van der Waals surface area contributed by atoms with Gasteiger partial charge in [0.05, 0.1) is 12.5 Å². The van der Waals surface area contributed by atoms with Gasteiger partial charge >= 0.3 is 5.97 Å². The number of carbonyl (C=O) groups is 5. The SMILES string of the molecule is CC(NC(=O)C(Cc1ccccc1)NC(=O)C(N)CC(N)=O)C(=O)NC(CS)C(=O)O. The van der Waals surface area contributed by atoms with Crippen LogP contribution in [0.3, 0.4) is 0 Å². The Kier molecular flexibility index (Phi) is 10.5. The summed E-state index contributed by atoms with van der Waals surface area (Å²) in [5.41, 5.74) is 11.4. The van der Waals surface area contributed by atoms with Crippen LogP contribution in [0.15, 0.2) is 30.3 Å². The summed E-state index contributed by atoms with van der Waals surface area (Å²) < 4.78 is 0. The number of carboxylic acids is 1. The highest BCUT2D eigenvalue weighted by molar-refractivity contribution is 7.80. The number of carboxylic acid groups (broad SMARTS) is 1. The molecule has 0 saturated carbocycles. The zero-order chi connectivity index (χ0) is 23.6. The van der Waals surface area contributed by atoms with Crippen molar-refractivity contribution in [3.05, 3.63) is 35.9 Å². The number of primary amides is 1. The zero-order valence-electron chi connectivity index (χ0n) is 16.9. The van der Waals surface area contributed by atoms with Crippen LogP contribution in [0.5, 0.6) is 0 Å². The summed E-state index contributed by atoms with van der Waals surface area (Å²) in [5, 5.41) is 16.2. The van der Waals surface area contributed by atoms with Gasteiger partial charge in [-0.3, -0.25) is 19.2 Å². The van der Waals surface area contributed by atoms with Gasteiger partial charge in [0.2, 0.25) is 23.6 Å². The molecule has 1 aromatic carbocycles. The molecular formula is C19H27N5O6S. The average Bonchev–Trinajstić information content (AvgIpc) is 2.70. The second-order valence-electron chi connectivity index (χ2n) is 6.84. The molecule has 11 nitrogen and oxygen atoms in total. The lowest BCUT2D eigenvalue weighted by Crippen LogP contribution is -2.57. The molecule has 4 atom stereocenters. The Morgan fingerprint density at radius 1 is 0.968 bits per heavy atom. The highest BCUT2D eigenvalue weighted by Crippen LogP contribution is 2.05. The molecule has 12 heteroatoms. The van der Waals surface area contributed by atoms with Crippen LogP contribution in [0.2, 0.25) is 0 Å². The van der Waals surface area contributed by atoms with E-state index in [0.29, 0.717) is 0 Å². The molecule has 0 aliphatic heterocycles. The minimum absolute atomic E-state index is 0.0877. The third-order valence-electron chi connectivity index (χ3n) is 4.22. The molecule has 0 aromatic heterocycles. The van der Waals surface area contributed by atoms with Crippen molar-refractivity contribution in [2.45, 2.75) is 43.9 Å². The number of nitrogens with two attached hydrogens (primary N) is 2. The predicted octanol–water partition coefficient (Wildman–Crippen LogP) is -2.08. The highest BCUT2D eigenvalue weighted by atomic mass is 32.1. The average molecular weight is 454 g/mol. The third-order valence-corrected chi connectivity index (χ3v) is 4.59. The van der Waals surface area contributed by atoms with Crippen molar-refractivity contribution < 1.29 is 29.1 Å². The van der Waals surface area contributed by atoms with Gasteiger partial charge in [-0.15, -0.1) is 0 Å². The standard InChI is InChI=1S/C19H27N5O6S/c1-10(16(26)24-14(9-31)19(29)30)22-18(28)13(7-11-5-3-2-4-6-11)23-17(27)12(20)8-15(21)25/h2-6,10,12-14,31H,7-9,20H2,1H3,(H2,21,25)(H,22,28)(H,23,27)(H,24,26)(H,29,30). The van der Waals surface area contributed by atoms with E-state index < -0.39 is 60.2 Å². The maximum Gasteiger partial charge on any atom is 0.327 e. The Morgan fingerprint density at radius 3 is 2.06 bits per heavy atom. The van der Waals surface area contributed by atoms with E-state index in [4.69, 9.17) is 16.6 Å². The molecule has 0 fully saturated rings. The Labute approximate surface area is 184 Å². The van der Waals surface area contributed by atoms with Gasteiger partial charge in [-0.05, 0) is 12.5 Å². The van der Waals surface area contributed by atoms with Crippen molar-refractivity contribution in [2.24, 2.45) is 11.5 Å². The van der Waals surface area contributed by atoms with E-state index >= 15 is 0 Å². The normalized spacial score (nSPS) is 14.4. The second-order valence-corrected chi connectivity index (χ2v) is 7.21. The van der Waals surface area contributed by atoms with Gasteiger partial charge in [0, 0.05) is 12.2 Å². The zero-order valence-corrected chi connectivity index (χ0v) is 17.8. The van der Waals surface area contributed by atoms with Crippen LogP contribution >= 0.6 is 12.6 Å². The predicted molar refractivity (Wildman–Crippen MR) is 115 cm³/mol. The maximum absolute atomic E-state index is 12.8. The van der Waals surface area contributed by atoms with Crippen LogP contribution < -0.4 is 27.4 Å². The van der Waals surface area contributed by atoms with Crippen molar-refractivity contribution in [2.75, 3.05) is 5.75 Å². The van der Waals surface area contributed by atoms with Crippen LogP contribution in [0, 0.1) is 0 Å². The number of hydrogen-bond acceptors (Lipinski definition) is 7. The van der Waals surface area contributed by atoms with Crippen LogP contribution in [-0.2, 0) is 30.4 Å². The largest absolute Gasteiger partial charge is 0.480 e. The van der Waals surface area contributed by atoms with Gasteiger partial charge in [0.1, 0.15) is 18.1 Å². The first-order valence-corrected chi connectivity index (χ1v) is 10.0. The Morgan fingerprint density at radius 2 is 1.55 bits per heavy atom. The lowest BCUT2D eigenvalue weighted by atomic mass is 10.0. The van der Waals surface area contributed by atoms with Crippen LogP contribution in [-0.4, -0.2) is 64.6 Å². The molecule has 0 aliphatic carbocycles. The van der Waals surface area contributed by atoms with Gasteiger partial charge in [0.15, 0.2) is 0 Å². The van der Waals surface area contributed by atoms with Crippen molar-refractivity contribution in [3.63, 3.8) is 0 Å². The monoisotopic (exact) mass is 453 g/mol. The molecule has 0 heterocycles. The molecule has 0 bridgehead atoms. The lowest BCUT2D eigenvalue weighted by Gasteiger charge is -2.23. The van der Waals surface area contributed by atoms with E-state index in [0.717, 1.165) is 5.56 Å². The number of amides is 4. The van der Waals surface area contributed by atoms with E-state index in [1.807, 2.05) is 0 Å². The fourth-order valence-electron chi connectivity index (χ4n) is 2.51. The summed E-state index contributed by atoms with van der Waals surface area (Å²) >= 11 is 3.86. The molecule has 4 unspecified atom stereocenters. The van der Waals surface area contributed by atoms with Crippen molar-refractivity contribution in [1.29, 1.82) is 0 Å². The van der Waals surface area contributed by atoms with Crippen molar-refractivity contribution >= 4 is 42.2 Å². The smallest absolute Gasteiger partial charge is 0.327 e. The molecule has 0 spiro atoms. The number of rotatable bonds is 12. The third kappa shape index (κ3) is 9.05. The minimum Gasteiger partial charge on any atom is -0.480 e. The quantitative estimate of drug-likeness (QED) is 0.176. The summed E-state index contributed by atoms with van der Waals surface area (Å²) in [5.74, 6) is -4.35. The summed E-state index contributed by atoms with van der Waals surface area (Å²) in [6.07, 6.45) is -0.310. The van der Waals surface area contributed by atoms with E-state index in [-0.39, 0.29) is 12.2 Å². The van der Waals surface area contributed by atoms with Gasteiger partial charge in [-0.1, -0.05) is 30.3 Å². The molecule has 1 aromatic rings. The van der Waals surface area contributed by atoms with E-state index in [1.165, 1.54) is 6.92 Å². The van der Waals surface area contributed by atoms with Gasteiger partial charge in [0.25, 0.3) is 0 Å².